The van der Waals surface area contributed by atoms with Crippen LogP contribution in [0.25, 0.3) is 0 Å². The van der Waals surface area contributed by atoms with Gasteiger partial charge in [-0.25, -0.2) is 13.1 Å². The fourth-order valence-corrected chi connectivity index (χ4v) is 3.29. The molecule has 0 aliphatic rings. The van der Waals surface area contributed by atoms with E-state index >= 15 is 0 Å². The maximum absolute atomic E-state index is 11.7. The van der Waals surface area contributed by atoms with Gasteiger partial charge in [0.15, 0.2) is 5.25 Å². The number of unbranched alkanes of at least 4 members (excludes halogenated alkanes) is 8. The van der Waals surface area contributed by atoms with Crippen molar-refractivity contribution in [2.45, 2.75) is 76.4 Å². The average Bonchev–Trinajstić information content (AvgIpc) is 2.45. The number of sulfonamides is 1. The molecule has 0 aliphatic carbocycles. The summed E-state index contributed by atoms with van der Waals surface area (Å²) in [7, 11) is -3.47. The Hall–Kier alpha value is -1.11. The molecule has 21 heavy (non-hydrogen) atoms. The van der Waals surface area contributed by atoms with Crippen molar-refractivity contribution < 1.29 is 8.42 Å². The fraction of sp³-hybridized carbons (Fsp3) is 0.867. The number of nitriles is 2. The van der Waals surface area contributed by atoms with E-state index in [1.807, 2.05) is 6.07 Å². The molecule has 6 heteroatoms. The Morgan fingerprint density at radius 1 is 0.952 bits per heavy atom. The minimum absolute atomic E-state index is 0.317. The molecule has 1 N–H and O–H groups in total. The summed E-state index contributed by atoms with van der Waals surface area (Å²) in [4.78, 5) is 0. The van der Waals surface area contributed by atoms with Crippen LogP contribution >= 0.6 is 0 Å². The SMILES string of the molecule is CCC(C#N)S(=O)(=O)NCCCCCCCCCCC#N. The van der Waals surface area contributed by atoms with Crippen LogP contribution in [0.2, 0.25) is 0 Å². The highest BCUT2D eigenvalue weighted by atomic mass is 32.2. The summed E-state index contributed by atoms with van der Waals surface area (Å²) in [5.41, 5.74) is 0. The summed E-state index contributed by atoms with van der Waals surface area (Å²) < 4.78 is 25.9. The van der Waals surface area contributed by atoms with E-state index in [1.165, 1.54) is 12.8 Å². The summed E-state index contributed by atoms with van der Waals surface area (Å²) in [5.74, 6) is 0. The van der Waals surface area contributed by atoms with Crippen LogP contribution in [-0.4, -0.2) is 20.2 Å². The van der Waals surface area contributed by atoms with Crippen LogP contribution in [0.4, 0.5) is 0 Å². The van der Waals surface area contributed by atoms with Crippen LogP contribution in [0.5, 0.6) is 0 Å². The summed E-state index contributed by atoms with van der Waals surface area (Å²) in [6, 6.07) is 3.96. The summed E-state index contributed by atoms with van der Waals surface area (Å²) in [6.45, 7) is 2.12. The van der Waals surface area contributed by atoms with E-state index in [4.69, 9.17) is 10.5 Å². The molecule has 0 saturated carbocycles. The second-order valence-corrected chi connectivity index (χ2v) is 7.15. The highest BCUT2D eigenvalue weighted by Crippen LogP contribution is 2.09. The molecule has 0 amide bonds. The Morgan fingerprint density at radius 2 is 1.48 bits per heavy atom. The monoisotopic (exact) mass is 313 g/mol. The largest absolute Gasteiger partial charge is 0.227 e. The zero-order chi connectivity index (χ0) is 16.0. The molecule has 0 aromatic heterocycles. The van der Waals surface area contributed by atoms with Crippen molar-refractivity contribution in [3.05, 3.63) is 0 Å². The Morgan fingerprint density at radius 3 is 1.95 bits per heavy atom. The molecule has 0 aromatic carbocycles. The van der Waals surface area contributed by atoms with Gasteiger partial charge in [0, 0.05) is 13.0 Å². The standard InChI is InChI=1S/C15H27N3O2S/c1-2-15(14-17)21(19,20)18-13-11-9-7-5-3-4-6-8-10-12-16/h15,18H,2-11,13H2,1H3. The molecule has 0 spiro atoms. The van der Waals surface area contributed by atoms with E-state index in [0.717, 1.165) is 38.5 Å². The Kier molecular flexibility index (Phi) is 12.0. The Labute approximate surface area is 129 Å². The molecule has 0 saturated heterocycles. The van der Waals surface area contributed by atoms with Crippen LogP contribution in [0.1, 0.15) is 71.1 Å². The third-order valence-electron chi connectivity index (χ3n) is 3.41. The topological polar surface area (TPSA) is 93.8 Å². The zero-order valence-electron chi connectivity index (χ0n) is 13.0. The van der Waals surface area contributed by atoms with Gasteiger partial charge < -0.3 is 0 Å². The molecule has 0 aromatic rings. The van der Waals surface area contributed by atoms with Gasteiger partial charge >= 0.3 is 0 Å². The van der Waals surface area contributed by atoms with Crippen molar-refractivity contribution in [3.8, 4) is 12.1 Å². The quantitative estimate of drug-likeness (QED) is 0.528. The van der Waals surface area contributed by atoms with Crippen molar-refractivity contribution in [1.29, 1.82) is 10.5 Å². The molecule has 0 rings (SSSR count). The van der Waals surface area contributed by atoms with Gasteiger partial charge in [-0.3, -0.25) is 0 Å². The third kappa shape index (κ3) is 10.3. The van der Waals surface area contributed by atoms with E-state index < -0.39 is 15.3 Å². The predicted molar refractivity (Wildman–Crippen MR) is 83.8 cm³/mol. The molecule has 1 atom stereocenters. The lowest BCUT2D eigenvalue weighted by Gasteiger charge is -2.09. The first-order valence-electron chi connectivity index (χ1n) is 7.83. The van der Waals surface area contributed by atoms with Crippen molar-refractivity contribution in [2.75, 3.05) is 6.54 Å². The van der Waals surface area contributed by atoms with Crippen LogP contribution < -0.4 is 4.72 Å². The number of nitrogens with one attached hydrogen (secondary N) is 1. The van der Waals surface area contributed by atoms with Crippen LogP contribution in [0.15, 0.2) is 0 Å². The minimum atomic E-state index is -3.47. The van der Waals surface area contributed by atoms with Crippen molar-refractivity contribution in [2.24, 2.45) is 0 Å². The van der Waals surface area contributed by atoms with Crippen LogP contribution in [0, 0.1) is 22.7 Å². The molecule has 5 nitrogen and oxygen atoms in total. The van der Waals surface area contributed by atoms with Gasteiger partial charge in [-0.1, -0.05) is 45.4 Å². The first-order valence-corrected chi connectivity index (χ1v) is 9.38. The van der Waals surface area contributed by atoms with E-state index in [9.17, 15) is 8.42 Å². The van der Waals surface area contributed by atoms with E-state index in [-0.39, 0.29) is 0 Å². The van der Waals surface area contributed by atoms with Gasteiger partial charge in [0.05, 0.1) is 12.1 Å². The lowest BCUT2D eigenvalue weighted by molar-refractivity contribution is 0.552. The molecule has 0 bridgehead atoms. The lowest BCUT2D eigenvalue weighted by atomic mass is 10.1. The second kappa shape index (κ2) is 12.6. The number of rotatable bonds is 13. The number of hydrogen-bond donors (Lipinski definition) is 1. The Bertz CT molecular complexity index is 435. The van der Waals surface area contributed by atoms with Gasteiger partial charge in [0.25, 0.3) is 0 Å². The number of hydrogen-bond acceptors (Lipinski definition) is 4. The van der Waals surface area contributed by atoms with E-state index in [2.05, 4.69) is 10.8 Å². The van der Waals surface area contributed by atoms with Gasteiger partial charge in [-0.2, -0.15) is 10.5 Å². The van der Waals surface area contributed by atoms with E-state index in [0.29, 0.717) is 19.4 Å². The predicted octanol–water partition coefficient (Wildman–Crippen LogP) is 3.24. The molecule has 0 heterocycles. The molecule has 0 fully saturated rings. The fourth-order valence-electron chi connectivity index (χ4n) is 2.08. The molecule has 0 aliphatic heterocycles. The molecular formula is C15H27N3O2S. The maximum Gasteiger partial charge on any atom is 0.227 e. The number of nitrogens with zero attached hydrogens (tertiary/aromatic N) is 2. The highest BCUT2D eigenvalue weighted by molar-refractivity contribution is 7.90. The first kappa shape index (κ1) is 19.9. The van der Waals surface area contributed by atoms with Crippen molar-refractivity contribution in [3.63, 3.8) is 0 Å². The van der Waals surface area contributed by atoms with Crippen LogP contribution in [0.3, 0.4) is 0 Å². The van der Waals surface area contributed by atoms with E-state index in [1.54, 1.807) is 6.92 Å². The Balaban J connectivity index is 3.49. The van der Waals surface area contributed by atoms with Crippen LogP contribution in [-0.2, 0) is 10.0 Å². The average molecular weight is 313 g/mol. The third-order valence-corrected chi connectivity index (χ3v) is 5.20. The van der Waals surface area contributed by atoms with Gasteiger partial charge in [0.2, 0.25) is 10.0 Å². The van der Waals surface area contributed by atoms with Gasteiger partial charge in [0.1, 0.15) is 0 Å². The summed E-state index contributed by atoms with van der Waals surface area (Å²) in [6.07, 6.45) is 9.54. The van der Waals surface area contributed by atoms with Crippen molar-refractivity contribution >= 4 is 10.0 Å². The van der Waals surface area contributed by atoms with Gasteiger partial charge in [-0.15, -0.1) is 0 Å². The highest BCUT2D eigenvalue weighted by Gasteiger charge is 2.22. The summed E-state index contributed by atoms with van der Waals surface area (Å²) >= 11 is 0. The lowest BCUT2D eigenvalue weighted by Crippen LogP contribution is -2.33. The van der Waals surface area contributed by atoms with Gasteiger partial charge in [-0.05, 0) is 19.3 Å². The molecule has 0 radical (unpaired) electrons. The second-order valence-electron chi connectivity index (χ2n) is 5.20. The molecule has 120 valence electrons. The zero-order valence-corrected chi connectivity index (χ0v) is 13.8. The van der Waals surface area contributed by atoms with Crippen molar-refractivity contribution in [1.82, 2.24) is 4.72 Å². The minimum Gasteiger partial charge on any atom is -0.214 e. The normalized spacial score (nSPS) is 12.5. The molecular weight excluding hydrogens is 286 g/mol. The first-order chi connectivity index (χ1) is 10.1. The molecule has 1 unspecified atom stereocenters. The maximum atomic E-state index is 11.7. The smallest absolute Gasteiger partial charge is 0.214 e. The summed E-state index contributed by atoms with van der Waals surface area (Å²) in [5, 5.41) is 16.2.